The average Bonchev–Trinajstić information content (AvgIpc) is 3.26. The number of thioether (sulfide) groups is 1. The van der Waals surface area contributed by atoms with Crippen LogP contribution in [0.4, 0.5) is 5.88 Å². The molecule has 0 spiro atoms. The molecule has 0 unspecified atom stereocenters. The van der Waals surface area contributed by atoms with Gasteiger partial charge in [-0.15, -0.1) is 0 Å². The minimum atomic E-state index is -0.637. The van der Waals surface area contributed by atoms with Gasteiger partial charge >= 0.3 is 5.88 Å². The van der Waals surface area contributed by atoms with Crippen LogP contribution in [-0.4, -0.2) is 38.6 Å². The smallest absolute Gasteiger partial charge is 0.433 e. The van der Waals surface area contributed by atoms with Gasteiger partial charge in [0.15, 0.2) is 15.8 Å². The molecular weight excluding hydrogens is 418 g/mol. The number of hydrogen-bond acceptors (Lipinski definition) is 9. The lowest BCUT2D eigenvalue weighted by Gasteiger charge is -2.05. The Morgan fingerprint density at radius 2 is 2.17 bits per heavy atom. The van der Waals surface area contributed by atoms with E-state index in [4.69, 9.17) is 21.4 Å². The lowest BCUT2D eigenvalue weighted by atomic mass is 10.2. The van der Waals surface area contributed by atoms with E-state index in [9.17, 15) is 20.0 Å². The number of rotatable bonds is 6. The van der Waals surface area contributed by atoms with E-state index in [1.807, 2.05) is 0 Å². The minimum absolute atomic E-state index is 0.00419. The molecule has 0 bridgehead atoms. The van der Waals surface area contributed by atoms with E-state index in [0.29, 0.717) is 10.5 Å². The van der Waals surface area contributed by atoms with Crippen LogP contribution in [0.1, 0.15) is 11.3 Å². The molecule has 3 rings (SSSR count). The largest absolute Gasteiger partial charge is 0.504 e. The lowest BCUT2D eigenvalue weighted by molar-refractivity contribution is -0.402. The Hall–Kier alpha value is -3.44. The van der Waals surface area contributed by atoms with Crippen molar-refractivity contribution in [3.05, 3.63) is 62.8 Å². The number of nitrogens with zero attached hydrogens (tertiary/aromatic N) is 3. The highest BCUT2D eigenvalue weighted by molar-refractivity contribution is 8.26. The molecule has 1 amide bonds. The van der Waals surface area contributed by atoms with Gasteiger partial charge in [-0.05, 0) is 54.2 Å². The van der Waals surface area contributed by atoms with E-state index in [0.717, 1.165) is 16.8 Å². The van der Waals surface area contributed by atoms with Crippen LogP contribution in [0.25, 0.3) is 12.2 Å². The molecule has 1 aromatic carbocycles. The van der Waals surface area contributed by atoms with Crippen molar-refractivity contribution in [1.82, 2.24) is 5.01 Å². The molecule has 1 aromatic heterocycles. The fraction of sp³-hybridized carbons (Fsp3) is 0.0556. The minimum Gasteiger partial charge on any atom is -0.504 e. The number of hydrogen-bond donors (Lipinski definition) is 1. The summed E-state index contributed by atoms with van der Waals surface area (Å²) in [6.45, 7) is 0. The number of furan rings is 1. The van der Waals surface area contributed by atoms with E-state index in [2.05, 4.69) is 5.10 Å². The van der Waals surface area contributed by atoms with E-state index in [-0.39, 0.29) is 27.5 Å². The summed E-state index contributed by atoms with van der Waals surface area (Å²) in [5, 5.41) is 25.3. The summed E-state index contributed by atoms with van der Waals surface area (Å²) in [6.07, 6.45) is 5.88. The van der Waals surface area contributed by atoms with Crippen LogP contribution < -0.4 is 4.74 Å². The summed E-state index contributed by atoms with van der Waals surface area (Å²) in [6, 6.07) is 7.38. The number of amides is 1. The Kier molecular flexibility index (Phi) is 6.10. The Bertz CT molecular complexity index is 1070. The molecule has 2 aromatic rings. The summed E-state index contributed by atoms with van der Waals surface area (Å²) in [5.41, 5.74) is 0.656. The number of phenolic OH excluding ortho intramolecular Hbond substituents is 1. The highest BCUT2D eigenvalue weighted by Gasteiger charge is 2.32. The summed E-state index contributed by atoms with van der Waals surface area (Å²) in [4.78, 5) is 22.8. The van der Waals surface area contributed by atoms with Gasteiger partial charge in [-0.1, -0.05) is 17.8 Å². The van der Waals surface area contributed by atoms with Gasteiger partial charge in [-0.3, -0.25) is 14.9 Å². The van der Waals surface area contributed by atoms with Crippen molar-refractivity contribution < 1.29 is 24.0 Å². The number of aromatic hydroxyl groups is 1. The number of hydrazone groups is 1. The number of carbonyl (C=O) groups is 1. The van der Waals surface area contributed by atoms with Crippen LogP contribution in [0.5, 0.6) is 11.5 Å². The maximum atomic E-state index is 12.5. The van der Waals surface area contributed by atoms with Gasteiger partial charge in [0.25, 0.3) is 5.91 Å². The van der Waals surface area contributed by atoms with Crippen LogP contribution in [0.15, 0.2) is 50.8 Å². The topological polar surface area (TPSA) is 118 Å². The zero-order valence-electron chi connectivity index (χ0n) is 14.8. The standard InChI is InChI=1S/C18H13N3O6S2/c1-26-14-9-11(4-6-13(14)22)10-15-17(23)20(18(28)29-15)19-8-2-3-12-5-7-16(27-12)21(24)25/h2-10,22H,1H3/b3-2+,15-10+,19-8+. The predicted molar refractivity (Wildman–Crippen MR) is 113 cm³/mol. The van der Waals surface area contributed by atoms with E-state index >= 15 is 0 Å². The molecule has 9 nitrogen and oxygen atoms in total. The maximum Gasteiger partial charge on any atom is 0.433 e. The first-order valence-corrected chi connectivity index (χ1v) is 9.21. The fourth-order valence-corrected chi connectivity index (χ4v) is 3.44. The molecule has 148 valence electrons. The van der Waals surface area contributed by atoms with E-state index < -0.39 is 10.8 Å². The monoisotopic (exact) mass is 431 g/mol. The second-order valence-corrected chi connectivity index (χ2v) is 7.16. The van der Waals surface area contributed by atoms with Crippen molar-refractivity contribution in [2.24, 2.45) is 5.10 Å². The van der Waals surface area contributed by atoms with Gasteiger partial charge in [-0.2, -0.15) is 10.1 Å². The SMILES string of the molecule is COc1cc(/C=C2/SC(=S)N(/N=C/C=C/c3ccc([N+](=O)[O-])o3)C2=O)ccc1O. The van der Waals surface area contributed by atoms with Crippen molar-refractivity contribution >= 4 is 58.5 Å². The second kappa shape index (κ2) is 8.71. The third kappa shape index (κ3) is 4.70. The van der Waals surface area contributed by atoms with Crippen LogP contribution in [-0.2, 0) is 4.79 Å². The summed E-state index contributed by atoms with van der Waals surface area (Å²) >= 11 is 6.28. The lowest BCUT2D eigenvalue weighted by Crippen LogP contribution is -2.21. The summed E-state index contributed by atoms with van der Waals surface area (Å²) in [7, 11) is 1.43. The first-order valence-electron chi connectivity index (χ1n) is 7.99. The van der Waals surface area contributed by atoms with Crippen LogP contribution in [0, 0.1) is 10.1 Å². The van der Waals surface area contributed by atoms with Gasteiger partial charge in [0.1, 0.15) is 10.7 Å². The number of phenols is 1. The summed E-state index contributed by atoms with van der Waals surface area (Å²) < 4.78 is 10.3. The fourth-order valence-electron chi connectivity index (χ4n) is 2.27. The normalized spacial score (nSPS) is 15.9. The van der Waals surface area contributed by atoms with Crippen molar-refractivity contribution in [1.29, 1.82) is 0 Å². The molecule has 0 saturated carbocycles. The molecule has 2 heterocycles. The van der Waals surface area contributed by atoms with Crippen molar-refractivity contribution in [3.8, 4) is 11.5 Å². The number of benzene rings is 1. The Morgan fingerprint density at radius 1 is 1.38 bits per heavy atom. The average molecular weight is 431 g/mol. The van der Waals surface area contributed by atoms with Crippen LogP contribution in [0.3, 0.4) is 0 Å². The molecule has 11 heteroatoms. The van der Waals surface area contributed by atoms with Crippen molar-refractivity contribution in [2.75, 3.05) is 7.11 Å². The van der Waals surface area contributed by atoms with Gasteiger partial charge < -0.3 is 14.3 Å². The zero-order valence-corrected chi connectivity index (χ0v) is 16.5. The summed E-state index contributed by atoms with van der Waals surface area (Å²) in [5.74, 6) is -0.208. The molecule has 29 heavy (non-hydrogen) atoms. The highest BCUT2D eigenvalue weighted by Crippen LogP contribution is 2.34. The van der Waals surface area contributed by atoms with E-state index in [1.54, 1.807) is 18.2 Å². The van der Waals surface area contributed by atoms with Gasteiger partial charge in [-0.25, -0.2) is 0 Å². The number of carbonyl (C=O) groups excluding carboxylic acids is 1. The Morgan fingerprint density at radius 3 is 2.86 bits per heavy atom. The number of methoxy groups -OCH3 is 1. The maximum absolute atomic E-state index is 12.5. The molecule has 0 aliphatic carbocycles. The van der Waals surface area contributed by atoms with Gasteiger partial charge in [0.2, 0.25) is 0 Å². The first kappa shape index (κ1) is 20.3. The predicted octanol–water partition coefficient (Wildman–Crippen LogP) is 3.80. The molecule has 1 aliphatic rings. The van der Waals surface area contributed by atoms with Gasteiger partial charge in [0.05, 0.1) is 18.1 Å². The molecular formula is C18H13N3O6S2. The molecule has 1 saturated heterocycles. The molecule has 1 aliphatic heterocycles. The quantitative estimate of drug-likeness (QED) is 0.241. The Labute approximate surface area is 174 Å². The van der Waals surface area contributed by atoms with Crippen LogP contribution in [0.2, 0.25) is 0 Å². The number of ether oxygens (including phenoxy) is 1. The second-order valence-electron chi connectivity index (χ2n) is 5.48. The van der Waals surface area contributed by atoms with Crippen molar-refractivity contribution in [2.45, 2.75) is 0 Å². The zero-order chi connectivity index (χ0) is 21.0. The van der Waals surface area contributed by atoms with E-state index in [1.165, 1.54) is 43.7 Å². The number of nitro groups is 1. The Balaban J connectivity index is 1.70. The van der Waals surface area contributed by atoms with Crippen molar-refractivity contribution in [3.63, 3.8) is 0 Å². The number of thiocarbonyl (C=S) groups is 1. The van der Waals surface area contributed by atoms with Gasteiger partial charge in [0, 0.05) is 6.21 Å². The highest BCUT2D eigenvalue weighted by atomic mass is 32.2. The molecule has 1 N–H and O–H groups in total. The first-order chi connectivity index (χ1) is 13.9. The molecule has 1 fully saturated rings. The molecule has 0 radical (unpaired) electrons. The third-order valence-corrected chi connectivity index (χ3v) is 4.88. The third-order valence-electron chi connectivity index (χ3n) is 3.60. The molecule has 0 atom stereocenters. The number of allylic oxidation sites excluding steroid dienone is 1. The van der Waals surface area contributed by atoms with Crippen LogP contribution >= 0.6 is 24.0 Å².